The van der Waals surface area contributed by atoms with E-state index in [0.29, 0.717) is 5.82 Å². The lowest BCUT2D eigenvalue weighted by molar-refractivity contribution is 1.18. The average molecular weight is 775 g/mol. The Morgan fingerprint density at radius 1 is 0.441 bits per heavy atom. The smallest absolute Gasteiger partial charge is 0.159 e. The minimum absolute atomic E-state index is 0.619. The van der Waals surface area contributed by atoms with Crippen molar-refractivity contribution in [3.8, 4) is 44.6 Å². The molecular formula is C56H42N2S. The zero-order valence-corrected chi connectivity index (χ0v) is 34.0. The molecule has 0 spiro atoms. The molecule has 9 aromatic rings. The van der Waals surface area contributed by atoms with Crippen LogP contribution in [-0.4, -0.2) is 9.97 Å². The van der Waals surface area contributed by atoms with E-state index in [1.807, 2.05) is 18.2 Å². The van der Waals surface area contributed by atoms with Gasteiger partial charge in [0, 0.05) is 21.2 Å². The maximum absolute atomic E-state index is 5.29. The Morgan fingerprint density at radius 3 is 1.59 bits per heavy atom. The molecule has 0 amide bonds. The monoisotopic (exact) mass is 774 g/mol. The molecule has 0 radical (unpaired) electrons. The summed E-state index contributed by atoms with van der Waals surface area (Å²) >= 11 is 1.74. The molecule has 0 bridgehead atoms. The standard InChI is InChI=1S/C56H42N2S/c1-37(41-16-7-5-8-17-41)32-38(2)45-20-13-21-46(34-45)39(3)33-40(4)56-57-53(55-54(58-56)51-26-11-12-27-52(51)59-55)50-25-15-24-49(36-50)48-23-14-22-47(35-48)44-30-28-43(29-31-44)42-18-9-6-10-19-42/h5-36H,1,4H2,2-3H3. The van der Waals surface area contributed by atoms with Gasteiger partial charge in [0.25, 0.3) is 0 Å². The summed E-state index contributed by atoms with van der Waals surface area (Å²) < 4.78 is 2.25. The molecule has 3 heteroatoms. The Bertz CT molecular complexity index is 3080. The topological polar surface area (TPSA) is 25.8 Å². The second-order valence-electron chi connectivity index (χ2n) is 14.9. The van der Waals surface area contributed by atoms with Gasteiger partial charge in [-0.05, 0) is 111 Å². The van der Waals surface area contributed by atoms with E-state index in [0.717, 1.165) is 77.0 Å². The average Bonchev–Trinajstić information content (AvgIpc) is 3.68. The van der Waals surface area contributed by atoms with Crippen LogP contribution < -0.4 is 0 Å². The Hall–Kier alpha value is -7.20. The van der Waals surface area contributed by atoms with Crippen LogP contribution in [0.5, 0.6) is 0 Å². The number of thiophene rings is 1. The van der Waals surface area contributed by atoms with Crippen LogP contribution in [0.1, 0.15) is 36.4 Å². The van der Waals surface area contributed by atoms with Crippen LogP contribution in [0.15, 0.2) is 207 Å². The van der Waals surface area contributed by atoms with Crippen LogP contribution >= 0.6 is 11.3 Å². The van der Waals surface area contributed by atoms with Crippen LogP contribution in [0.4, 0.5) is 0 Å². The molecular weight excluding hydrogens is 733 g/mol. The van der Waals surface area contributed by atoms with Gasteiger partial charge in [-0.1, -0.05) is 177 Å². The summed E-state index contributed by atoms with van der Waals surface area (Å²) in [6.07, 6.45) is 4.26. The van der Waals surface area contributed by atoms with Gasteiger partial charge in [-0.15, -0.1) is 11.3 Å². The Balaban J connectivity index is 1.05. The summed E-state index contributed by atoms with van der Waals surface area (Å²) in [5.74, 6) is 0.619. The summed E-state index contributed by atoms with van der Waals surface area (Å²) in [6.45, 7) is 13.1. The summed E-state index contributed by atoms with van der Waals surface area (Å²) in [4.78, 5) is 10.5. The predicted octanol–water partition coefficient (Wildman–Crippen LogP) is 15.7. The largest absolute Gasteiger partial charge is 0.226 e. The van der Waals surface area contributed by atoms with E-state index >= 15 is 0 Å². The Labute approximate surface area is 350 Å². The SMILES string of the molecule is C=C(C=C(C)c1cccc(C(C)=CC(=C)c2nc(-c3cccc(-c4cccc(-c5ccc(-c6ccccc6)cc5)c4)c3)c3sc4ccccc4c3n2)c1)c1ccccc1. The fraction of sp³-hybridized carbons (Fsp3) is 0.0357. The maximum Gasteiger partial charge on any atom is 0.159 e. The highest BCUT2D eigenvalue weighted by Gasteiger charge is 2.17. The number of fused-ring (bicyclic) bond motifs is 3. The Morgan fingerprint density at radius 2 is 0.915 bits per heavy atom. The second-order valence-corrected chi connectivity index (χ2v) is 16.0. The number of rotatable bonds is 10. The first-order valence-electron chi connectivity index (χ1n) is 19.8. The van der Waals surface area contributed by atoms with Gasteiger partial charge in [0.05, 0.1) is 15.9 Å². The third kappa shape index (κ3) is 7.89. The molecule has 0 N–H and O–H groups in total. The van der Waals surface area contributed by atoms with E-state index in [-0.39, 0.29) is 0 Å². The van der Waals surface area contributed by atoms with E-state index < -0.39 is 0 Å². The first kappa shape index (κ1) is 37.4. The van der Waals surface area contributed by atoms with Gasteiger partial charge in [-0.25, -0.2) is 9.97 Å². The van der Waals surface area contributed by atoms with Crippen LogP contribution in [-0.2, 0) is 0 Å². The number of nitrogens with zero attached hydrogens (tertiary/aromatic N) is 2. The molecule has 0 aliphatic heterocycles. The van der Waals surface area contributed by atoms with Gasteiger partial charge in [-0.3, -0.25) is 0 Å². The van der Waals surface area contributed by atoms with Gasteiger partial charge in [-0.2, -0.15) is 0 Å². The first-order chi connectivity index (χ1) is 28.9. The molecule has 2 nitrogen and oxygen atoms in total. The van der Waals surface area contributed by atoms with Crippen molar-refractivity contribution < 1.29 is 0 Å². The van der Waals surface area contributed by atoms with Crippen molar-refractivity contribution in [3.63, 3.8) is 0 Å². The predicted molar refractivity (Wildman–Crippen MR) is 255 cm³/mol. The zero-order valence-electron chi connectivity index (χ0n) is 33.2. The highest BCUT2D eigenvalue weighted by Crippen LogP contribution is 2.40. The first-order valence-corrected chi connectivity index (χ1v) is 20.7. The molecule has 0 aliphatic carbocycles. The van der Waals surface area contributed by atoms with Crippen molar-refractivity contribution in [2.75, 3.05) is 0 Å². The van der Waals surface area contributed by atoms with Gasteiger partial charge in [0.1, 0.15) is 0 Å². The molecule has 9 rings (SSSR count). The van der Waals surface area contributed by atoms with Crippen LogP contribution in [0.3, 0.4) is 0 Å². The fourth-order valence-corrected chi connectivity index (χ4v) is 8.79. The minimum Gasteiger partial charge on any atom is -0.226 e. The lowest BCUT2D eigenvalue weighted by atomic mass is 9.96. The molecule has 2 aromatic heterocycles. The molecule has 0 saturated heterocycles. The lowest BCUT2D eigenvalue weighted by Crippen LogP contribution is -1.96. The molecule has 0 unspecified atom stereocenters. The molecule has 0 aliphatic rings. The fourth-order valence-electron chi connectivity index (χ4n) is 7.64. The van der Waals surface area contributed by atoms with Gasteiger partial charge >= 0.3 is 0 Å². The number of aromatic nitrogens is 2. The van der Waals surface area contributed by atoms with Gasteiger partial charge < -0.3 is 0 Å². The van der Waals surface area contributed by atoms with Crippen LogP contribution in [0, 0.1) is 0 Å². The summed E-state index contributed by atoms with van der Waals surface area (Å²) in [7, 11) is 0. The van der Waals surface area contributed by atoms with E-state index in [2.05, 4.69) is 203 Å². The second kappa shape index (κ2) is 16.3. The van der Waals surface area contributed by atoms with Crippen molar-refractivity contribution in [2.24, 2.45) is 0 Å². The van der Waals surface area contributed by atoms with Crippen molar-refractivity contribution in [2.45, 2.75) is 13.8 Å². The highest BCUT2D eigenvalue weighted by molar-refractivity contribution is 7.26. The molecule has 0 saturated carbocycles. The highest BCUT2D eigenvalue weighted by atomic mass is 32.1. The molecule has 59 heavy (non-hydrogen) atoms. The van der Waals surface area contributed by atoms with Crippen molar-refractivity contribution in [1.82, 2.24) is 9.97 Å². The summed E-state index contributed by atoms with van der Waals surface area (Å²) in [6, 6.07) is 64.2. The van der Waals surface area contributed by atoms with Gasteiger partial charge in [0.2, 0.25) is 0 Å². The lowest BCUT2D eigenvalue weighted by Gasteiger charge is -2.11. The number of benzene rings is 7. The van der Waals surface area contributed by atoms with E-state index in [1.54, 1.807) is 11.3 Å². The molecule has 0 fully saturated rings. The van der Waals surface area contributed by atoms with Crippen molar-refractivity contribution in [1.29, 1.82) is 0 Å². The Kier molecular flexibility index (Phi) is 10.4. The van der Waals surface area contributed by atoms with Crippen LogP contribution in [0.2, 0.25) is 0 Å². The normalized spacial score (nSPS) is 11.9. The minimum atomic E-state index is 0.619. The van der Waals surface area contributed by atoms with Crippen LogP contribution in [0.25, 0.3) is 87.2 Å². The third-order valence-corrected chi connectivity index (χ3v) is 12.0. The van der Waals surface area contributed by atoms with Crippen molar-refractivity contribution in [3.05, 3.63) is 230 Å². The number of hydrogen-bond donors (Lipinski definition) is 0. The summed E-state index contributed by atoms with van der Waals surface area (Å²) in [5.41, 5.74) is 17.3. The third-order valence-electron chi connectivity index (χ3n) is 10.9. The summed E-state index contributed by atoms with van der Waals surface area (Å²) in [5, 5.41) is 1.13. The molecule has 2 heterocycles. The zero-order chi connectivity index (χ0) is 40.3. The van der Waals surface area contributed by atoms with E-state index in [1.165, 1.54) is 27.0 Å². The van der Waals surface area contributed by atoms with E-state index in [9.17, 15) is 0 Å². The maximum atomic E-state index is 5.29. The molecule has 282 valence electrons. The number of hydrogen-bond acceptors (Lipinski definition) is 3. The molecule has 0 atom stereocenters. The van der Waals surface area contributed by atoms with Gasteiger partial charge in [0.15, 0.2) is 5.82 Å². The van der Waals surface area contributed by atoms with E-state index in [4.69, 9.17) is 9.97 Å². The van der Waals surface area contributed by atoms with Crippen molar-refractivity contribution >= 4 is 53.9 Å². The quantitative estimate of drug-likeness (QED) is 0.129. The number of allylic oxidation sites excluding steroid dienone is 6. The molecule has 7 aromatic carbocycles.